The highest BCUT2D eigenvalue weighted by atomic mass is 32.2. The molecule has 0 bridgehead atoms. The van der Waals surface area contributed by atoms with Gasteiger partial charge in [-0.1, -0.05) is 12.1 Å². The van der Waals surface area contributed by atoms with Gasteiger partial charge in [-0.25, -0.2) is 8.42 Å². The molecule has 116 valence electrons. The van der Waals surface area contributed by atoms with Crippen molar-refractivity contribution < 1.29 is 18.3 Å². The van der Waals surface area contributed by atoms with Crippen LogP contribution in [0.3, 0.4) is 0 Å². The molecule has 1 aliphatic heterocycles. The molecule has 21 heavy (non-hydrogen) atoms. The number of para-hydroxylation sites is 1. The molecule has 1 fully saturated rings. The van der Waals surface area contributed by atoms with Crippen molar-refractivity contribution in [2.75, 3.05) is 37.3 Å². The van der Waals surface area contributed by atoms with Gasteiger partial charge in [0.1, 0.15) is 6.04 Å². The molecule has 0 saturated carbocycles. The summed E-state index contributed by atoms with van der Waals surface area (Å²) in [6, 6.07) is 6.42. The summed E-state index contributed by atoms with van der Waals surface area (Å²) < 4.78 is 23.7. The van der Waals surface area contributed by atoms with Gasteiger partial charge in [-0.15, -0.1) is 0 Å². The number of hydrogen-bond acceptors (Lipinski definition) is 5. The van der Waals surface area contributed by atoms with E-state index in [1.165, 1.54) is 6.26 Å². The second-order valence-corrected chi connectivity index (χ2v) is 7.26. The third-order valence-corrected chi connectivity index (χ3v) is 4.97. The second kappa shape index (κ2) is 6.03. The lowest BCUT2D eigenvalue weighted by Gasteiger charge is -2.38. The minimum absolute atomic E-state index is 0.324. The van der Waals surface area contributed by atoms with Crippen LogP contribution in [0.25, 0.3) is 0 Å². The number of carboxylic acids is 1. The van der Waals surface area contributed by atoms with Crippen LogP contribution in [0.1, 0.15) is 6.92 Å². The van der Waals surface area contributed by atoms with Crippen molar-refractivity contribution in [2.24, 2.45) is 0 Å². The van der Waals surface area contributed by atoms with Crippen molar-refractivity contribution in [1.82, 2.24) is 4.90 Å². The Balaban J connectivity index is 2.15. The van der Waals surface area contributed by atoms with Crippen molar-refractivity contribution >= 4 is 21.5 Å². The average molecular weight is 312 g/mol. The van der Waals surface area contributed by atoms with E-state index in [1.807, 2.05) is 15.9 Å². The Kier molecular flexibility index (Phi) is 4.53. The molecule has 6 nitrogen and oxygen atoms in total. The van der Waals surface area contributed by atoms with Gasteiger partial charge in [-0.2, -0.15) is 0 Å². The smallest absolute Gasteiger partial charge is 0.320 e. The summed E-state index contributed by atoms with van der Waals surface area (Å²) in [4.78, 5) is 15.2. The van der Waals surface area contributed by atoms with Gasteiger partial charge in [-0.05, 0) is 19.1 Å². The zero-order valence-electron chi connectivity index (χ0n) is 12.2. The van der Waals surface area contributed by atoms with Gasteiger partial charge in [0, 0.05) is 32.4 Å². The average Bonchev–Trinajstić information content (AvgIpc) is 2.45. The molecular formula is C14H20N2O4S. The van der Waals surface area contributed by atoms with E-state index in [9.17, 15) is 13.2 Å². The Morgan fingerprint density at radius 2 is 1.76 bits per heavy atom. The van der Waals surface area contributed by atoms with Crippen molar-refractivity contribution in [3.8, 4) is 0 Å². The summed E-state index contributed by atoms with van der Waals surface area (Å²) in [6.45, 7) is 4.11. The number of rotatable bonds is 4. The van der Waals surface area contributed by atoms with Crippen LogP contribution in [-0.4, -0.2) is 62.9 Å². The first kappa shape index (κ1) is 15.8. The number of aliphatic carboxylic acids is 1. The Morgan fingerprint density at radius 1 is 1.19 bits per heavy atom. The van der Waals surface area contributed by atoms with Gasteiger partial charge in [0.25, 0.3) is 0 Å². The molecule has 1 heterocycles. The molecule has 1 atom stereocenters. The maximum atomic E-state index is 11.8. The summed E-state index contributed by atoms with van der Waals surface area (Å²) >= 11 is 0. The monoisotopic (exact) mass is 312 g/mol. The highest BCUT2D eigenvalue weighted by Crippen LogP contribution is 2.26. The van der Waals surface area contributed by atoms with E-state index in [4.69, 9.17) is 5.11 Å². The number of sulfone groups is 1. The summed E-state index contributed by atoms with van der Waals surface area (Å²) in [5, 5.41) is 9.03. The third-order valence-electron chi connectivity index (χ3n) is 3.82. The number of nitrogens with zero attached hydrogens (tertiary/aromatic N) is 2. The van der Waals surface area contributed by atoms with E-state index in [0.717, 1.165) is 0 Å². The minimum atomic E-state index is -3.28. The fourth-order valence-electron chi connectivity index (χ4n) is 2.54. The van der Waals surface area contributed by atoms with Gasteiger partial charge in [-0.3, -0.25) is 9.69 Å². The van der Waals surface area contributed by atoms with Crippen LogP contribution in [0.15, 0.2) is 29.2 Å². The largest absolute Gasteiger partial charge is 0.480 e. The molecule has 0 amide bonds. The number of anilines is 1. The molecule has 1 aromatic rings. The summed E-state index contributed by atoms with van der Waals surface area (Å²) in [5.41, 5.74) is 0.697. The van der Waals surface area contributed by atoms with E-state index in [2.05, 4.69) is 0 Å². The maximum absolute atomic E-state index is 11.8. The van der Waals surface area contributed by atoms with Crippen LogP contribution >= 0.6 is 0 Å². The van der Waals surface area contributed by atoms with Crippen LogP contribution < -0.4 is 4.90 Å². The van der Waals surface area contributed by atoms with Crippen LogP contribution in [0.2, 0.25) is 0 Å². The zero-order chi connectivity index (χ0) is 15.6. The van der Waals surface area contributed by atoms with Crippen LogP contribution in [-0.2, 0) is 14.6 Å². The Morgan fingerprint density at radius 3 is 2.29 bits per heavy atom. The Bertz CT molecular complexity index is 622. The van der Waals surface area contributed by atoms with Gasteiger partial charge in [0.05, 0.1) is 10.6 Å². The highest BCUT2D eigenvalue weighted by molar-refractivity contribution is 7.90. The first-order chi connectivity index (χ1) is 9.80. The van der Waals surface area contributed by atoms with Crippen molar-refractivity contribution in [1.29, 1.82) is 0 Å². The fraction of sp³-hybridized carbons (Fsp3) is 0.500. The highest BCUT2D eigenvalue weighted by Gasteiger charge is 2.27. The minimum Gasteiger partial charge on any atom is -0.480 e. The first-order valence-electron chi connectivity index (χ1n) is 6.81. The normalized spacial score (nSPS) is 18.5. The van der Waals surface area contributed by atoms with E-state index in [0.29, 0.717) is 36.8 Å². The molecule has 0 radical (unpaired) electrons. The van der Waals surface area contributed by atoms with E-state index >= 15 is 0 Å². The summed E-state index contributed by atoms with van der Waals surface area (Å²) in [5.74, 6) is -0.833. The lowest BCUT2D eigenvalue weighted by atomic mass is 10.2. The predicted octanol–water partition coefficient (Wildman–Crippen LogP) is 0.685. The van der Waals surface area contributed by atoms with Crippen LogP contribution in [0, 0.1) is 0 Å². The summed E-state index contributed by atoms with van der Waals surface area (Å²) in [7, 11) is -3.28. The number of carbonyl (C=O) groups is 1. The molecule has 0 aliphatic carbocycles. The molecule has 7 heteroatoms. The van der Waals surface area contributed by atoms with E-state index in [-0.39, 0.29) is 0 Å². The lowest BCUT2D eigenvalue weighted by Crippen LogP contribution is -2.52. The van der Waals surface area contributed by atoms with Crippen LogP contribution in [0.5, 0.6) is 0 Å². The zero-order valence-corrected chi connectivity index (χ0v) is 13.0. The predicted molar refractivity (Wildman–Crippen MR) is 80.4 cm³/mol. The third kappa shape index (κ3) is 3.54. The van der Waals surface area contributed by atoms with Gasteiger partial charge in [0.15, 0.2) is 9.84 Å². The van der Waals surface area contributed by atoms with E-state index in [1.54, 1.807) is 25.1 Å². The molecule has 1 unspecified atom stereocenters. The van der Waals surface area contributed by atoms with Crippen molar-refractivity contribution in [3.05, 3.63) is 24.3 Å². The quantitative estimate of drug-likeness (QED) is 0.881. The molecule has 1 aromatic carbocycles. The molecule has 1 aliphatic rings. The molecule has 1 saturated heterocycles. The molecule has 2 rings (SSSR count). The first-order valence-corrected chi connectivity index (χ1v) is 8.70. The second-order valence-electron chi connectivity index (χ2n) is 5.28. The number of benzene rings is 1. The fourth-order valence-corrected chi connectivity index (χ4v) is 3.44. The number of carboxylic acid groups (broad SMARTS) is 1. The lowest BCUT2D eigenvalue weighted by molar-refractivity contribution is -0.142. The topological polar surface area (TPSA) is 77.9 Å². The van der Waals surface area contributed by atoms with E-state index < -0.39 is 21.8 Å². The molecule has 0 spiro atoms. The SMILES string of the molecule is CC(C(=O)O)N1CCN(c2ccccc2S(C)(=O)=O)CC1. The molecular weight excluding hydrogens is 292 g/mol. The molecule has 0 aromatic heterocycles. The maximum Gasteiger partial charge on any atom is 0.320 e. The summed E-state index contributed by atoms with van der Waals surface area (Å²) in [6.07, 6.45) is 1.20. The van der Waals surface area contributed by atoms with Gasteiger partial charge < -0.3 is 10.0 Å². The van der Waals surface area contributed by atoms with Crippen LogP contribution in [0.4, 0.5) is 5.69 Å². The van der Waals surface area contributed by atoms with Crippen molar-refractivity contribution in [2.45, 2.75) is 17.9 Å². The number of piperazine rings is 1. The standard InChI is InChI=1S/C14H20N2O4S/c1-11(14(17)18)15-7-9-16(10-8-15)12-5-3-4-6-13(12)21(2,19)20/h3-6,11H,7-10H2,1-2H3,(H,17,18). The number of hydrogen-bond donors (Lipinski definition) is 1. The molecule has 1 N–H and O–H groups in total. The van der Waals surface area contributed by atoms with Gasteiger partial charge in [0.2, 0.25) is 0 Å². The Labute approximate surface area is 124 Å². The Hall–Kier alpha value is -1.60. The van der Waals surface area contributed by atoms with Gasteiger partial charge >= 0.3 is 5.97 Å². The van der Waals surface area contributed by atoms with Crippen molar-refractivity contribution in [3.63, 3.8) is 0 Å².